The number of nitrogen functional groups attached to an aromatic ring is 1. The normalized spacial score (nSPS) is 10.7. The Hall–Kier alpha value is -1.72. The quantitative estimate of drug-likeness (QED) is 0.666. The molecule has 0 spiro atoms. The van der Waals surface area contributed by atoms with Crippen LogP contribution in [0.5, 0.6) is 0 Å². The standard InChI is InChI=1S/C16H13BrN2OS/c17-12-3-1-11(2-4-12)15-7-6-14(20-15)10-21-16-8-5-13(18)9-19-16/h1-9H,10,18H2. The molecule has 0 aliphatic heterocycles. The summed E-state index contributed by atoms with van der Waals surface area (Å²) >= 11 is 5.05. The Labute approximate surface area is 135 Å². The van der Waals surface area contributed by atoms with E-state index in [1.54, 1.807) is 18.0 Å². The molecule has 0 bridgehead atoms. The summed E-state index contributed by atoms with van der Waals surface area (Å²) in [6, 6.07) is 15.8. The molecule has 2 aromatic heterocycles. The first-order valence-corrected chi connectivity index (χ1v) is 8.17. The van der Waals surface area contributed by atoms with Crippen LogP contribution >= 0.6 is 27.7 Å². The van der Waals surface area contributed by atoms with Crippen LogP contribution in [0.15, 0.2) is 68.6 Å². The largest absolute Gasteiger partial charge is 0.460 e. The van der Waals surface area contributed by atoms with Crippen molar-refractivity contribution in [2.75, 3.05) is 5.73 Å². The van der Waals surface area contributed by atoms with Gasteiger partial charge in [0.2, 0.25) is 0 Å². The first-order valence-electron chi connectivity index (χ1n) is 6.40. The summed E-state index contributed by atoms with van der Waals surface area (Å²) in [6.07, 6.45) is 1.66. The van der Waals surface area contributed by atoms with Crippen molar-refractivity contribution in [3.05, 3.63) is 65.0 Å². The number of furan rings is 1. The summed E-state index contributed by atoms with van der Waals surface area (Å²) in [6.45, 7) is 0. The van der Waals surface area contributed by atoms with E-state index in [0.29, 0.717) is 5.69 Å². The Morgan fingerprint density at radius 3 is 2.57 bits per heavy atom. The van der Waals surface area contributed by atoms with E-state index in [9.17, 15) is 0 Å². The van der Waals surface area contributed by atoms with Crippen LogP contribution < -0.4 is 5.73 Å². The highest BCUT2D eigenvalue weighted by Crippen LogP contribution is 2.27. The van der Waals surface area contributed by atoms with Crippen molar-refractivity contribution in [1.29, 1.82) is 0 Å². The zero-order valence-electron chi connectivity index (χ0n) is 11.1. The van der Waals surface area contributed by atoms with Crippen molar-refractivity contribution in [3.63, 3.8) is 0 Å². The molecule has 0 aliphatic rings. The third kappa shape index (κ3) is 3.68. The molecule has 2 N–H and O–H groups in total. The summed E-state index contributed by atoms with van der Waals surface area (Å²) < 4.78 is 6.92. The lowest BCUT2D eigenvalue weighted by atomic mass is 10.2. The summed E-state index contributed by atoms with van der Waals surface area (Å²) in [5, 5.41) is 0.936. The number of aromatic nitrogens is 1. The second kappa shape index (κ2) is 6.37. The second-order valence-corrected chi connectivity index (χ2v) is 6.40. The van der Waals surface area contributed by atoms with Crippen LogP contribution in [0, 0.1) is 0 Å². The molecule has 3 aromatic rings. The Morgan fingerprint density at radius 1 is 1.05 bits per heavy atom. The fourth-order valence-electron chi connectivity index (χ4n) is 1.85. The van der Waals surface area contributed by atoms with Gasteiger partial charge in [0.05, 0.1) is 22.7 Å². The smallest absolute Gasteiger partial charge is 0.134 e. The van der Waals surface area contributed by atoms with Crippen LogP contribution in [0.1, 0.15) is 5.76 Å². The van der Waals surface area contributed by atoms with E-state index in [1.165, 1.54) is 0 Å². The SMILES string of the molecule is Nc1ccc(SCc2ccc(-c3ccc(Br)cc3)o2)nc1. The van der Waals surface area contributed by atoms with Crippen LogP contribution in [-0.4, -0.2) is 4.98 Å². The maximum atomic E-state index is 5.87. The second-order valence-electron chi connectivity index (χ2n) is 4.49. The highest BCUT2D eigenvalue weighted by Gasteiger charge is 2.06. The molecule has 0 fully saturated rings. The Bertz CT molecular complexity index is 723. The predicted molar refractivity (Wildman–Crippen MR) is 90.1 cm³/mol. The number of halogens is 1. The Kier molecular flexibility index (Phi) is 4.31. The van der Waals surface area contributed by atoms with Crippen LogP contribution in [0.4, 0.5) is 5.69 Å². The van der Waals surface area contributed by atoms with Gasteiger partial charge in [0.15, 0.2) is 0 Å². The fourth-order valence-corrected chi connectivity index (χ4v) is 2.85. The maximum Gasteiger partial charge on any atom is 0.134 e. The highest BCUT2D eigenvalue weighted by atomic mass is 79.9. The van der Waals surface area contributed by atoms with Crippen LogP contribution in [0.2, 0.25) is 0 Å². The van der Waals surface area contributed by atoms with E-state index in [2.05, 4.69) is 20.9 Å². The predicted octanol–water partition coefficient (Wildman–Crippen LogP) is 4.98. The van der Waals surface area contributed by atoms with Crippen molar-refractivity contribution < 1.29 is 4.42 Å². The minimum Gasteiger partial charge on any atom is -0.460 e. The number of anilines is 1. The van der Waals surface area contributed by atoms with Gasteiger partial charge < -0.3 is 10.2 Å². The van der Waals surface area contributed by atoms with Crippen LogP contribution in [0.25, 0.3) is 11.3 Å². The molecule has 5 heteroatoms. The summed E-state index contributed by atoms with van der Waals surface area (Å²) in [7, 11) is 0. The number of benzene rings is 1. The van der Waals surface area contributed by atoms with Gasteiger partial charge in [-0.3, -0.25) is 0 Å². The molecule has 0 saturated heterocycles. The molecule has 0 saturated carbocycles. The van der Waals surface area contributed by atoms with Gasteiger partial charge >= 0.3 is 0 Å². The molecule has 0 amide bonds. The average Bonchev–Trinajstić information content (AvgIpc) is 2.96. The molecule has 21 heavy (non-hydrogen) atoms. The van der Waals surface area contributed by atoms with E-state index in [-0.39, 0.29) is 0 Å². The number of rotatable bonds is 4. The first-order chi connectivity index (χ1) is 10.2. The molecule has 0 unspecified atom stereocenters. The number of nitrogens with two attached hydrogens (primary N) is 1. The van der Waals surface area contributed by atoms with Crippen LogP contribution in [0.3, 0.4) is 0 Å². The third-order valence-electron chi connectivity index (χ3n) is 2.91. The highest BCUT2D eigenvalue weighted by molar-refractivity contribution is 9.10. The van der Waals surface area contributed by atoms with E-state index in [1.807, 2.05) is 48.5 Å². The van der Waals surface area contributed by atoms with Gasteiger partial charge in [-0.25, -0.2) is 4.98 Å². The average molecular weight is 361 g/mol. The van der Waals surface area contributed by atoms with E-state index in [0.717, 1.165) is 32.3 Å². The van der Waals surface area contributed by atoms with E-state index in [4.69, 9.17) is 10.2 Å². The summed E-state index contributed by atoms with van der Waals surface area (Å²) in [4.78, 5) is 4.26. The monoisotopic (exact) mass is 360 g/mol. The van der Waals surface area contributed by atoms with Gasteiger partial charge in [-0.15, -0.1) is 0 Å². The molecule has 0 atom stereocenters. The van der Waals surface area contributed by atoms with E-state index >= 15 is 0 Å². The Balaban J connectivity index is 1.67. The molecule has 2 heterocycles. The molecular formula is C16H13BrN2OS. The van der Waals surface area contributed by atoms with Gasteiger partial charge in [0, 0.05) is 10.0 Å². The van der Waals surface area contributed by atoms with Gasteiger partial charge in [0.25, 0.3) is 0 Å². The summed E-state index contributed by atoms with van der Waals surface area (Å²) in [5.74, 6) is 2.55. The third-order valence-corrected chi connectivity index (χ3v) is 4.41. The van der Waals surface area contributed by atoms with Crippen molar-refractivity contribution in [3.8, 4) is 11.3 Å². The lowest BCUT2D eigenvalue weighted by Crippen LogP contribution is -1.86. The van der Waals surface area contributed by atoms with Gasteiger partial charge in [-0.2, -0.15) is 0 Å². The number of hydrogen-bond acceptors (Lipinski definition) is 4. The molecule has 1 aromatic carbocycles. The molecule has 0 aliphatic carbocycles. The lowest BCUT2D eigenvalue weighted by Gasteiger charge is -2.00. The number of pyridine rings is 1. The minimum absolute atomic E-state index is 0.676. The Morgan fingerprint density at radius 2 is 1.86 bits per heavy atom. The molecular weight excluding hydrogens is 348 g/mol. The number of thioether (sulfide) groups is 1. The first kappa shape index (κ1) is 14.2. The van der Waals surface area contributed by atoms with E-state index < -0.39 is 0 Å². The molecule has 0 radical (unpaired) electrons. The van der Waals surface area contributed by atoms with Gasteiger partial charge in [-0.1, -0.05) is 39.8 Å². The van der Waals surface area contributed by atoms with Crippen molar-refractivity contribution in [2.45, 2.75) is 10.8 Å². The lowest BCUT2D eigenvalue weighted by molar-refractivity contribution is 0.544. The topological polar surface area (TPSA) is 52.0 Å². The fraction of sp³-hybridized carbons (Fsp3) is 0.0625. The zero-order chi connectivity index (χ0) is 14.7. The van der Waals surface area contributed by atoms with Crippen molar-refractivity contribution >= 4 is 33.4 Å². The van der Waals surface area contributed by atoms with Crippen LogP contribution in [-0.2, 0) is 5.75 Å². The number of nitrogens with zero attached hydrogens (tertiary/aromatic N) is 1. The molecule has 106 valence electrons. The number of hydrogen-bond donors (Lipinski definition) is 1. The van der Waals surface area contributed by atoms with Crippen molar-refractivity contribution in [2.24, 2.45) is 0 Å². The van der Waals surface area contributed by atoms with Gasteiger partial charge in [-0.05, 0) is 36.4 Å². The minimum atomic E-state index is 0.676. The zero-order valence-corrected chi connectivity index (χ0v) is 13.5. The molecule has 3 nitrogen and oxygen atoms in total. The molecule has 3 rings (SSSR count). The summed E-state index contributed by atoms with van der Waals surface area (Å²) in [5.41, 5.74) is 7.36. The van der Waals surface area contributed by atoms with Gasteiger partial charge in [0.1, 0.15) is 11.5 Å². The van der Waals surface area contributed by atoms with Crippen molar-refractivity contribution in [1.82, 2.24) is 4.98 Å². The maximum absolute atomic E-state index is 5.87.